The molecule has 0 saturated heterocycles. The van der Waals surface area contributed by atoms with Gasteiger partial charge in [-0.2, -0.15) is 0 Å². The van der Waals surface area contributed by atoms with E-state index < -0.39 is 10.9 Å². The lowest BCUT2D eigenvalue weighted by atomic mass is 10.3. The van der Waals surface area contributed by atoms with E-state index in [1.807, 2.05) is 0 Å². The van der Waals surface area contributed by atoms with Gasteiger partial charge in [0.15, 0.2) is 4.96 Å². The predicted octanol–water partition coefficient (Wildman–Crippen LogP) is 2.50. The molecule has 0 spiro atoms. The van der Waals surface area contributed by atoms with E-state index in [0.29, 0.717) is 10.7 Å². The summed E-state index contributed by atoms with van der Waals surface area (Å²) in [7, 11) is 0. The highest BCUT2D eigenvalue weighted by molar-refractivity contribution is 8.00. The van der Waals surface area contributed by atoms with Crippen molar-refractivity contribution in [1.29, 1.82) is 0 Å². The van der Waals surface area contributed by atoms with Gasteiger partial charge in [-0.1, -0.05) is 0 Å². The van der Waals surface area contributed by atoms with Crippen molar-refractivity contribution in [3.05, 3.63) is 68.1 Å². The molecule has 2 heterocycles. The van der Waals surface area contributed by atoms with Crippen LogP contribution in [0.4, 0.5) is 5.69 Å². The van der Waals surface area contributed by atoms with Gasteiger partial charge in [0.25, 0.3) is 11.2 Å². The maximum absolute atomic E-state index is 11.8. The van der Waals surface area contributed by atoms with E-state index in [9.17, 15) is 19.7 Å². The third kappa shape index (κ3) is 4.22. The molecule has 0 aliphatic rings. The molecule has 3 aromatic rings. The summed E-state index contributed by atoms with van der Waals surface area (Å²) >= 11 is 2.53. The van der Waals surface area contributed by atoms with Gasteiger partial charge >= 0.3 is 5.97 Å². The van der Waals surface area contributed by atoms with Crippen molar-refractivity contribution in [2.45, 2.75) is 11.5 Å². The fraction of sp³-hybridized carbons (Fsp3) is 0.133. The molecule has 1 aromatic carbocycles. The second-order valence-electron chi connectivity index (χ2n) is 4.84. The molecule has 0 bridgehead atoms. The Morgan fingerprint density at radius 3 is 2.84 bits per heavy atom. The number of benzene rings is 1. The van der Waals surface area contributed by atoms with Crippen molar-refractivity contribution < 1.29 is 14.5 Å². The Bertz CT molecular complexity index is 981. The second kappa shape index (κ2) is 7.45. The second-order valence-corrected chi connectivity index (χ2v) is 6.76. The number of hydrogen-bond donors (Lipinski definition) is 0. The Hall–Kier alpha value is -2.72. The van der Waals surface area contributed by atoms with Gasteiger partial charge in [0.1, 0.15) is 6.61 Å². The molecule has 0 aliphatic heterocycles. The van der Waals surface area contributed by atoms with Crippen molar-refractivity contribution >= 4 is 39.7 Å². The zero-order valence-electron chi connectivity index (χ0n) is 12.7. The van der Waals surface area contributed by atoms with Crippen LogP contribution in [-0.2, 0) is 16.1 Å². The first-order valence-electron chi connectivity index (χ1n) is 7.01. The summed E-state index contributed by atoms with van der Waals surface area (Å²) in [5.41, 5.74) is 0.159. The third-order valence-corrected chi connectivity index (χ3v) is 4.88. The lowest BCUT2D eigenvalue weighted by molar-refractivity contribution is -0.384. The number of carbonyl (C=O) groups is 1. The molecular weight excluding hydrogens is 366 g/mol. The zero-order valence-corrected chi connectivity index (χ0v) is 14.3. The topological polar surface area (TPSA) is 104 Å². The first-order chi connectivity index (χ1) is 12.0. The van der Waals surface area contributed by atoms with Gasteiger partial charge in [-0.3, -0.25) is 24.1 Å². The molecular formula is C15H11N3O5S2. The lowest BCUT2D eigenvalue weighted by Gasteiger charge is -2.05. The van der Waals surface area contributed by atoms with Crippen molar-refractivity contribution in [1.82, 2.24) is 9.38 Å². The van der Waals surface area contributed by atoms with Gasteiger partial charge in [0.05, 0.1) is 16.4 Å². The van der Waals surface area contributed by atoms with E-state index in [1.54, 1.807) is 23.7 Å². The molecule has 0 amide bonds. The molecule has 10 heteroatoms. The minimum atomic E-state index is -0.483. The SMILES string of the molecule is O=C(CSc1ccc([N+](=O)[O-])cc1)OCc1cc(=O)n2ccsc2n1. The Morgan fingerprint density at radius 2 is 2.12 bits per heavy atom. The molecule has 8 nitrogen and oxygen atoms in total. The number of hydrogen-bond acceptors (Lipinski definition) is 8. The molecule has 0 unspecified atom stereocenters. The van der Waals surface area contributed by atoms with E-state index in [0.717, 1.165) is 4.90 Å². The van der Waals surface area contributed by atoms with Crippen molar-refractivity contribution in [2.75, 3.05) is 5.75 Å². The Labute approximate surface area is 149 Å². The molecule has 0 aliphatic carbocycles. The zero-order chi connectivity index (χ0) is 17.8. The number of carbonyl (C=O) groups excluding carboxylic acids is 1. The van der Waals surface area contributed by atoms with E-state index in [1.165, 1.54) is 45.7 Å². The summed E-state index contributed by atoms with van der Waals surface area (Å²) in [4.78, 5) is 39.2. The highest BCUT2D eigenvalue weighted by Crippen LogP contribution is 2.21. The van der Waals surface area contributed by atoms with Crippen molar-refractivity contribution in [2.24, 2.45) is 0 Å². The summed E-state index contributed by atoms with van der Waals surface area (Å²) in [5, 5.41) is 12.3. The van der Waals surface area contributed by atoms with Crippen LogP contribution in [0.3, 0.4) is 0 Å². The molecule has 2 aromatic heterocycles. The number of fused-ring (bicyclic) bond motifs is 1. The van der Waals surface area contributed by atoms with E-state index >= 15 is 0 Å². The predicted molar refractivity (Wildman–Crippen MR) is 93.0 cm³/mol. The fourth-order valence-electron chi connectivity index (χ4n) is 1.96. The Morgan fingerprint density at radius 1 is 1.36 bits per heavy atom. The van der Waals surface area contributed by atoms with Crippen LogP contribution in [0, 0.1) is 10.1 Å². The standard InChI is InChI=1S/C15H11N3O5S2/c19-13-7-10(16-15-17(13)5-6-24-15)8-23-14(20)9-25-12-3-1-11(2-4-12)18(21)22/h1-7H,8-9H2. The Balaban J connectivity index is 1.53. The van der Waals surface area contributed by atoms with Crippen LogP contribution in [0.2, 0.25) is 0 Å². The Kier molecular flexibility index (Phi) is 5.10. The average molecular weight is 377 g/mol. The molecule has 25 heavy (non-hydrogen) atoms. The van der Waals surface area contributed by atoms with Crippen LogP contribution in [-0.4, -0.2) is 26.0 Å². The normalized spacial score (nSPS) is 10.7. The summed E-state index contributed by atoms with van der Waals surface area (Å²) in [6, 6.07) is 7.23. The number of nitro groups is 1. The minimum absolute atomic E-state index is 0.00624. The molecule has 3 rings (SSSR count). The highest BCUT2D eigenvalue weighted by atomic mass is 32.2. The third-order valence-electron chi connectivity index (χ3n) is 3.14. The maximum Gasteiger partial charge on any atom is 0.316 e. The number of esters is 1. The smallest absolute Gasteiger partial charge is 0.316 e. The van der Waals surface area contributed by atoms with Gasteiger partial charge in [0, 0.05) is 34.7 Å². The summed E-state index contributed by atoms with van der Waals surface area (Å²) < 4.78 is 6.54. The molecule has 0 radical (unpaired) electrons. The van der Waals surface area contributed by atoms with Gasteiger partial charge in [-0.25, -0.2) is 4.98 Å². The number of thioether (sulfide) groups is 1. The van der Waals surface area contributed by atoms with Gasteiger partial charge in [0.2, 0.25) is 0 Å². The quantitative estimate of drug-likeness (QED) is 0.281. The van der Waals surface area contributed by atoms with Gasteiger partial charge in [-0.05, 0) is 12.1 Å². The van der Waals surface area contributed by atoms with E-state index in [4.69, 9.17) is 4.74 Å². The van der Waals surface area contributed by atoms with Gasteiger partial charge < -0.3 is 4.74 Å². The van der Waals surface area contributed by atoms with E-state index in [2.05, 4.69) is 4.98 Å². The lowest BCUT2D eigenvalue weighted by Crippen LogP contribution is -2.15. The van der Waals surface area contributed by atoms with E-state index in [-0.39, 0.29) is 23.6 Å². The molecule has 0 fully saturated rings. The van der Waals surface area contributed by atoms with Crippen molar-refractivity contribution in [3.63, 3.8) is 0 Å². The fourth-order valence-corrected chi connectivity index (χ4v) is 3.40. The molecule has 0 atom stereocenters. The number of rotatable bonds is 6. The summed E-state index contributed by atoms with van der Waals surface area (Å²) in [6.45, 7) is -0.0801. The van der Waals surface area contributed by atoms with Crippen LogP contribution in [0.1, 0.15) is 5.69 Å². The number of nitro benzene ring substituents is 1. The molecule has 128 valence electrons. The van der Waals surface area contributed by atoms with Gasteiger partial charge in [-0.15, -0.1) is 23.1 Å². The van der Waals surface area contributed by atoms with Crippen molar-refractivity contribution in [3.8, 4) is 0 Å². The van der Waals surface area contributed by atoms with Crippen LogP contribution in [0.5, 0.6) is 0 Å². The average Bonchev–Trinajstić information content (AvgIpc) is 3.07. The summed E-state index contributed by atoms with van der Waals surface area (Å²) in [6.07, 6.45) is 1.63. The van der Waals surface area contributed by atoms with Crippen LogP contribution >= 0.6 is 23.1 Å². The number of non-ortho nitro benzene ring substituents is 1. The van der Waals surface area contributed by atoms with Crippen LogP contribution in [0.25, 0.3) is 4.96 Å². The maximum atomic E-state index is 11.8. The molecule has 0 N–H and O–H groups in total. The first kappa shape index (κ1) is 17.1. The first-order valence-corrected chi connectivity index (χ1v) is 8.88. The number of thiazole rings is 1. The number of ether oxygens (including phenoxy) is 1. The highest BCUT2D eigenvalue weighted by Gasteiger charge is 2.09. The largest absolute Gasteiger partial charge is 0.459 e. The van der Waals surface area contributed by atoms with Crippen LogP contribution in [0.15, 0.2) is 51.6 Å². The summed E-state index contributed by atoms with van der Waals surface area (Å²) in [5.74, 6) is -0.408. The van der Waals surface area contributed by atoms with Crippen LogP contribution < -0.4 is 5.56 Å². The minimum Gasteiger partial charge on any atom is -0.459 e. The number of nitrogens with zero attached hydrogens (tertiary/aromatic N) is 3. The molecule has 0 saturated carbocycles. The number of aromatic nitrogens is 2. The monoisotopic (exact) mass is 377 g/mol.